The Hall–Kier alpha value is -2.61. The quantitative estimate of drug-likeness (QED) is 0.584. The van der Waals surface area contributed by atoms with E-state index in [0.29, 0.717) is 5.75 Å². The van der Waals surface area contributed by atoms with E-state index in [0.717, 1.165) is 20.8 Å². The summed E-state index contributed by atoms with van der Waals surface area (Å²) in [6.45, 7) is 1.67. The number of carbonyl (C=O) groups is 3. The van der Waals surface area contributed by atoms with Crippen molar-refractivity contribution in [3.63, 3.8) is 0 Å². The Morgan fingerprint density at radius 3 is 2.48 bits per heavy atom. The van der Waals surface area contributed by atoms with Crippen LogP contribution in [0.4, 0.5) is 0 Å². The summed E-state index contributed by atoms with van der Waals surface area (Å²) < 4.78 is 6.08. The molecule has 2 unspecified atom stereocenters. The van der Waals surface area contributed by atoms with Gasteiger partial charge in [-0.3, -0.25) is 9.59 Å². The van der Waals surface area contributed by atoms with Crippen LogP contribution in [0.25, 0.3) is 10.8 Å². The van der Waals surface area contributed by atoms with E-state index in [1.54, 1.807) is 20.1 Å². The topological polar surface area (TPSA) is 113 Å². The predicted molar refractivity (Wildman–Crippen MR) is 103 cm³/mol. The zero-order valence-corrected chi connectivity index (χ0v) is 16.4. The minimum absolute atomic E-state index is 0.173. The van der Waals surface area contributed by atoms with Gasteiger partial charge in [0.15, 0.2) is 0 Å². The average molecular weight is 438 g/mol. The normalized spacial score (nSPS) is 13.0. The third-order valence-corrected chi connectivity index (χ3v) is 5.14. The van der Waals surface area contributed by atoms with Crippen LogP contribution in [-0.4, -0.2) is 41.2 Å². The molecule has 2 aromatic carbocycles. The van der Waals surface area contributed by atoms with Gasteiger partial charge in [-0.2, -0.15) is 0 Å². The maximum Gasteiger partial charge on any atom is 0.326 e. The van der Waals surface area contributed by atoms with Crippen molar-refractivity contribution in [2.24, 2.45) is 0 Å². The summed E-state index contributed by atoms with van der Waals surface area (Å²) in [5.74, 6) is -2.74. The van der Waals surface area contributed by atoms with E-state index in [1.165, 1.54) is 0 Å². The van der Waals surface area contributed by atoms with Crippen LogP contribution in [-0.2, 0) is 14.4 Å². The molecule has 2 rings (SSSR count). The van der Waals surface area contributed by atoms with E-state index in [4.69, 9.17) is 9.84 Å². The molecule has 8 heteroatoms. The van der Waals surface area contributed by atoms with Gasteiger partial charge in [-0.15, -0.1) is 0 Å². The molecular formula is C19H20BrNO6. The largest absolute Gasteiger partial charge is 0.496 e. The van der Waals surface area contributed by atoms with Crippen molar-refractivity contribution < 1.29 is 29.3 Å². The highest BCUT2D eigenvalue weighted by atomic mass is 79.9. The Bertz CT molecular complexity index is 882. The number of fused-ring (bicyclic) bond motifs is 1. The lowest BCUT2D eigenvalue weighted by Gasteiger charge is -2.18. The molecule has 0 saturated heterocycles. The molecule has 1 amide bonds. The smallest absolute Gasteiger partial charge is 0.326 e. The van der Waals surface area contributed by atoms with Gasteiger partial charge in [-0.05, 0) is 51.7 Å². The van der Waals surface area contributed by atoms with Crippen LogP contribution in [0.15, 0.2) is 34.8 Å². The van der Waals surface area contributed by atoms with Crippen LogP contribution in [0.1, 0.15) is 31.2 Å². The number of carboxylic acid groups (broad SMARTS) is 2. The van der Waals surface area contributed by atoms with E-state index >= 15 is 0 Å². The number of aliphatic carboxylic acids is 2. The summed E-state index contributed by atoms with van der Waals surface area (Å²) >= 11 is 3.49. The summed E-state index contributed by atoms with van der Waals surface area (Å²) in [5, 5.41) is 22.1. The van der Waals surface area contributed by atoms with Crippen molar-refractivity contribution in [3.8, 4) is 5.75 Å². The maximum atomic E-state index is 12.5. The van der Waals surface area contributed by atoms with Crippen molar-refractivity contribution in [2.45, 2.75) is 31.7 Å². The number of hydrogen-bond acceptors (Lipinski definition) is 4. The molecule has 3 N–H and O–H groups in total. The van der Waals surface area contributed by atoms with Gasteiger partial charge in [0.2, 0.25) is 5.91 Å². The van der Waals surface area contributed by atoms with Gasteiger partial charge in [0.05, 0.1) is 17.5 Å². The lowest BCUT2D eigenvalue weighted by Crippen LogP contribution is -2.42. The molecule has 0 radical (unpaired) electrons. The minimum atomic E-state index is -1.26. The van der Waals surface area contributed by atoms with Crippen molar-refractivity contribution in [2.75, 3.05) is 7.11 Å². The van der Waals surface area contributed by atoms with Crippen molar-refractivity contribution in [1.29, 1.82) is 0 Å². The predicted octanol–water partition coefficient (Wildman–Crippen LogP) is 3.15. The maximum absolute atomic E-state index is 12.5. The van der Waals surface area contributed by atoms with Crippen LogP contribution in [0.3, 0.4) is 0 Å². The number of benzene rings is 2. The third kappa shape index (κ3) is 4.97. The van der Waals surface area contributed by atoms with Crippen LogP contribution >= 0.6 is 15.9 Å². The number of methoxy groups -OCH3 is 1. The molecule has 2 atom stereocenters. The summed E-state index contributed by atoms with van der Waals surface area (Å²) in [7, 11) is 1.58. The number of nitrogens with one attached hydrogen (secondary N) is 1. The Kier molecular flexibility index (Phi) is 6.79. The molecule has 0 heterocycles. The summed E-state index contributed by atoms with van der Waals surface area (Å²) in [4.78, 5) is 34.4. The first-order chi connectivity index (χ1) is 12.7. The molecule has 27 heavy (non-hydrogen) atoms. The Labute approximate surface area is 164 Å². The van der Waals surface area contributed by atoms with Gasteiger partial charge >= 0.3 is 11.9 Å². The second-order valence-corrected chi connectivity index (χ2v) is 6.91. The molecular weight excluding hydrogens is 418 g/mol. The molecule has 0 bridgehead atoms. The highest BCUT2D eigenvalue weighted by molar-refractivity contribution is 9.10. The number of hydrogen-bond donors (Lipinski definition) is 3. The van der Waals surface area contributed by atoms with Gasteiger partial charge in [0.1, 0.15) is 11.8 Å². The van der Waals surface area contributed by atoms with Gasteiger partial charge < -0.3 is 20.3 Å². The zero-order valence-electron chi connectivity index (χ0n) is 14.9. The Morgan fingerprint density at radius 2 is 1.89 bits per heavy atom. The number of carboxylic acids is 2. The average Bonchev–Trinajstić information content (AvgIpc) is 2.63. The molecule has 0 aliphatic heterocycles. The highest BCUT2D eigenvalue weighted by Gasteiger charge is 2.24. The monoisotopic (exact) mass is 437 g/mol. The van der Waals surface area contributed by atoms with Crippen LogP contribution < -0.4 is 10.1 Å². The van der Waals surface area contributed by atoms with E-state index in [2.05, 4.69) is 21.2 Å². The molecule has 0 aromatic heterocycles. The number of carbonyl (C=O) groups excluding carboxylic acids is 1. The standard InChI is InChI=1S/C19H20BrNO6/c1-10(18(24)21-14(19(25)26)6-8-16(22)23)11-3-5-13-12(9-11)4-7-15(27-2)17(13)20/h3-5,7,9-10,14H,6,8H2,1-2H3,(H,21,24)(H,22,23)(H,25,26). The molecule has 2 aromatic rings. The van der Waals surface area contributed by atoms with Crippen LogP contribution in [0.5, 0.6) is 5.75 Å². The van der Waals surface area contributed by atoms with Crippen LogP contribution in [0, 0.1) is 0 Å². The molecule has 0 aliphatic carbocycles. The summed E-state index contributed by atoms with van der Waals surface area (Å²) in [6.07, 6.45) is -0.509. The first kappa shape index (κ1) is 20.7. The van der Waals surface area contributed by atoms with Gasteiger partial charge in [-0.1, -0.05) is 24.3 Å². The number of amides is 1. The molecule has 0 spiro atoms. The summed E-state index contributed by atoms with van der Waals surface area (Å²) in [6, 6.07) is 7.96. The number of halogens is 1. The fourth-order valence-corrected chi connectivity index (χ4v) is 3.35. The highest BCUT2D eigenvalue weighted by Crippen LogP contribution is 2.34. The van der Waals surface area contributed by atoms with Crippen molar-refractivity contribution in [1.82, 2.24) is 5.32 Å². The molecule has 0 aliphatic rings. The van der Waals surface area contributed by atoms with Crippen LogP contribution in [0.2, 0.25) is 0 Å². The van der Waals surface area contributed by atoms with Crippen molar-refractivity contribution in [3.05, 3.63) is 40.4 Å². The number of rotatable bonds is 8. The first-order valence-electron chi connectivity index (χ1n) is 8.25. The van der Waals surface area contributed by atoms with Gasteiger partial charge in [0, 0.05) is 6.42 Å². The van der Waals surface area contributed by atoms with E-state index in [9.17, 15) is 19.5 Å². The fraction of sp³-hybridized carbons (Fsp3) is 0.316. The van der Waals surface area contributed by atoms with Crippen molar-refractivity contribution >= 4 is 44.5 Å². The third-order valence-electron chi connectivity index (χ3n) is 4.32. The van der Waals surface area contributed by atoms with E-state index in [1.807, 2.05) is 24.3 Å². The van der Waals surface area contributed by atoms with Gasteiger partial charge in [-0.25, -0.2) is 4.79 Å². The fourth-order valence-electron chi connectivity index (χ4n) is 2.69. The second-order valence-electron chi connectivity index (χ2n) is 6.12. The Morgan fingerprint density at radius 1 is 1.19 bits per heavy atom. The molecule has 7 nitrogen and oxygen atoms in total. The van der Waals surface area contributed by atoms with E-state index < -0.39 is 29.8 Å². The number of ether oxygens (including phenoxy) is 1. The summed E-state index contributed by atoms with van der Waals surface area (Å²) in [5.41, 5.74) is 0.722. The zero-order chi connectivity index (χ0) is 20.1. The lowest BCUT2D eigenvalue weighted by molar-refractivity contribution is -0.143. The molecule has 0 fully saturated rings. The molecule has 144 valence electrons. The van der Waals surface area contributed by atoms with E-state index in [-0.39, 0.29) is 12.8 Å². The Balaban J connectivity index is 2.20. The lowest BCUT2D eigenvalue weighted by atomic mass is 9.96. The molecule has 0 saturated carbocycles. The van der Waals surface area contributed by atoms with Gasteiger partial charge in [0.25, 0.3) is 0 Å². The second kappa shape index (κ2) is 8.85. The first-order valence-corrected chi connectivity index (χ1v) is 9.05. The SMILES string of the molecule is COc1ccc2cc(C(C)C(=O)NC(CCC(=O)O)C(=O)O)ccc2c1Br. The minimum Gasteiger partial charge on any atom is -0.496 e.